The van der Waals surface area contributed by atoms with Gasteiger partial charge in [0.1, 0.15) is 6.79 Å². The Hall–Kier alpha value is -1.45. The molecule has 1 heterocycles. The summed E-state index contributed by atoms with van der Waals surface area (Å²) in [5.74, 6) is 0.886. The van der Waals surface area contributed by atoms with Crippen molar-refractivity contribution < 1.29 is 9.59 Å². The molecule has 0 radical (unpaired) electrons. The highest BCUT2D eigenvalue weighted by molar-refractivity contribution is 5.97. The highest BCUT2D eigenvalue weighted by atomic mass is 16.1. The maximum Gasteiger partial charge on any atom is 0.166 e. The fourth-order valence-electron chi connectivity index (χ4n) is 1.76. The van der Waals surface area contributed by atoms with E-state index in [4.69, 9.17) is 4.79 Å². The van der Waals surface area contributed by atoms with E-state index in [2.05, 4.69) is 31.0 Å². The van der Waals surface area contributed by atoms with Crippen LogP contribution in [-0.4, -0.2) is 22.8 Å². The Bertz CT molecular complexity index is 386. The van der Waals surface area contributed by atoms with E-state index in [9.17, 15) is 4.79 Å². The Morgan fingerprint density at radius 3 is 2.53 bits per heavy atom. The van der Waals surface area contributed by atoms with E-state index < -0.39 is 0 Å². The van der Waals surface area contributed by atoms with Gasteiger partial charge in [-0.15, -0.1) is 0 Å². The van der Waals surface area contributed by atoms with E-state index in [1.54, 1.807) is 6.20 Å². The molecule has 0 amide bonds. The Kier molecular flexibility index (Phi) is 4.21. The Morgan fingerprint density at radius 1 is 1.47 bits per heavy atom. The molecule has 4 heteroatoms. The lowest BCUT2D eigenvalue weighted by Crippen LogP contribution is -2.16. The summed E-state index contributed by atoms with van der Waals surface area (Å²) in [4.78, 5) is 20.0. The van der Waals surface area contributed by atoms with Crippen molar-refractivity contribution in [3.05, 3.63) is 17.5 Å². The van der Waals surface area contributed by atoms with Gasteiger partial charge >= 0.3 is 0 Å². The number of ketones is 1. The lowest BCUT2D eigenvalue weighted by Gasteiger charge is -2.17. The molecule has 0 unspecified atom stereocenters. The molecule has 0 atom stereocenters. The van der Waals surface area contributed by atoms with E-state index in [1.165, 1.54) is 12.8 Å². The number of hydrogen-bond acceptors (Lipinski definition) is 3. The third-order valence-corrected chi connectivity index (χ3v) is 2.86. The number of H-pyrrole nitrogens is 1. The number of aromatic nitrogens is 2. The lowest BCUT2D eigenvalue weighted by atomic mass is 9.88. The van der Waals surface area contributed by atoms with Crippen LogP contribution in [0.15, 0.2) is 6.20 Å². The molecular formula is C13H20N2O2. The standard InChI is InChI=1S/C12H18N2O.CH2O/c1-12(2,3)11-9(7-13-14-11)10(15)6-8-4-5-8;1-2/h7-8H,4-6H2,1-3H3,(H,13,14);1H2. The molecule has 0 aromatic carbocycles. The summed E-state index contributed by atoms with van der Waals surface area (Å²) < 4.78 is 0. The summed E-state index contributed by atoms with van der Waals surface area (Å²) in [7, 11) is 0. The first-order valence-corrected chi connectivity index (χ1v) is 5.84. The molecule has 4 nitrogen and oxygen atoms in total. The van der Waals surface area contributed by atoms with Gasteiger partial charge in [0.05, 0.1) is 17.5 Å². The first-order valence-electron chi connectivity index (χ1n) is 5.84. The normalized spacial score (nSPS) is 15.0. The van der Waals surface area contributed by atoms with Gasteiger partial charge in [0.2, 0.25) is 0 Å². The molecule has 1 saturated carbocycles. The Labute approximate surface area is 102 Å². The monoisotopic (exact) mass is 236 g/mol. The fourth-order valence-corrected chi connectivity index (χ4v) is 1.76. The largest absolute Gasteiger partial charge is 0.307 e. The van der Waals surface area contributed by atoms with Crippen molar-refractivity contribution in [2.75, 3.05) is 0 Å². The number of hydrogen-bond donors (Lipinski definition) is 1. The maximum absolute atomic E-state index is 12.0. The summed E-state index contributed by atoms with van der Waals surface area (Å²) in [6, 6.07) is 0. The minimum Gasteiger partial charge on any atom is -0.307 e. The highest BCUT2D eigenvalue weighted by Crippen LogP contribution is 2.34. The summed E-state index contributed by atoms with van der Waals surface area (Å²) in [6.45, 7) is 8.28. The van der Waals surface area contributed by atoms with Gasteiger partial charge in [0.15, 0.2) is 5.78 Å². The van der Waals surface area contributed by atoms with Crippen LogP contribution in [0, 0.1) is 5.92 Å². The molecule has 1 aromatic rings. The highest BCUT2D eigenvalue weighted by Gasteiger charge is 2.29. The van der Waals surface area contributed by atoms with Gasteiger partial charge in [0.25, 0.3) is 0 Å². The predicted molar refractivity (Wildman–Crippen MR) is 66.1 cm³/mol. The zero-order valence-electron chi connectivity index (χ0n) is 10.7. The zero-order valence-corrected chi connectivity index (χ0v) is 10.7. The van der Waals surface area contributed by atoms with E-state index >= 15 is 0 Å². The summed E-state index contributed by atoms with van der Waals surface area (Å²) in [5.41, 5.74) is 1.72. The van der Waals surface area contributed by atoms with Crippen LogP contribution >= 0.6 is 0 Å². The van der Waals surface area contributed by atoms with Gasteiger partial charge in [-0.3, -0.25) is 9.89 Å². The Balaban J connectivity index is 0.000000686. The number of Topliss-reactive ketones (excluding diaryl/α,β-unsaturated/α-hetero) is 1. The molecule has 2 rings (SSSR count). The van der Waals surface area contributed by atoms with Gasteiger partial charge in [-0.25, -0.2) is 0 Å². The summed E-state index contributed by atoms with van der Waals surface area (Å²) >= 11 is 0. The molecule has 1 aliphatic rings. The minimum atomic E-state index is -0.0367. The van der Waals surface area contributed by atoms with Crippen molar-refractivity contribution >= 4 is 12.6 Å². The van der Waals surface area contributed by atoms with E-state index in [0.29, 0.717) is 12.3 Å². The number of carbonyl (C=O) groups is 2. The average molecular weight is 236 g/mol. The molecule has 1 aromatic heterocycles. The quantitative estimate of drug-likeness (QED) is 0.820. The summed E-state index contributed by atoms with van der Waals surface area (Å²) in [6.07, 6.45) is 4.80. The topological polar surface area (TPSA) is 62.8 Å². The van der Waals surface area contributed by atoms with Gasteiger partial charge in [-0.1, -0.05) is 20.8 Å². The van der Waals surface area contributed by atoms with Gasteiger partial charge in [0, 0.05) is 11.8 Å². The predicted octanol–water partition coefficient (Wildman–Crippen LogP) is 2.51. The first-order chi connectivity index (χ1) is 7.98. The van der Waals surface area contributed by atoms with Gasteiger partial charge in [-0.05, 0) is 18.8 Å². The van der Waals surface area contributed by atoms with Crippen LogP contribution in [-0.2, 0) is 10.2 Å². The van der Waals surface area contributed by atoms with Crippen LogP contribution in [0.2, 0.25) is 0 Å². The van der Waals surface area contributed by atoms with Crippen LogP contribution in [0.1, 0.15) is 56.1 Å². The number of aromatic amines is 1. The number of nitrogens with one attached hydrogen (secondary N) is 1. The van der Waals surface area contributed by atoms with E-state index in [-0.39, 0.29) is 11.2 Å². The fraction of sp³-hybridized carbons (Fsp3) is 0.615. The van der Waals surface area contributed by atoms with Crippen molar-refractivity contribution in [3.63, 3.8) is 0 Å². The number of carbonyl (C=O) groups excluding carboxylic acids is 2. The van der Waals surface area contributed by atoms with Crippen molar-refractivity contribution in [3.8, 4) is 0 Å². The lowest BCUT2D eigenvalue weighted by molar-refractivity contribution is -0.0979. The Morgan fingerprint density at radius 2 is 2.06 bits per heavy atom. The molecule has 1 N–H and O–H groups in total. The molecule has 1 fully saturated rings. The maximum atomic E-state index is 12.0. The molecule has 0 bridgehead atoms. The van der Waals surface area contributed by atoms with Crippen molar-refractivity contribution in [2.24, 2.45) is 5.92 Å². The third-order valence-electron chi connectivity index (χ3n) is 2.86. The molecule has 0 spiro atoms. The second kappa shape index (κ2) is 5.25. The third kappa shape index (κ3) is 3.51. The molecule has 1 aliphatic carbocycles. The van der Waals surface area contributed by atoms with E-state index in [0.717, 1.165) is 11.3 Å². The average Bonchev–Trinajstić information content (AvgIpc) is 2.93. The smallest absolute Gasteiger partial charge is 0.166 e. The van der Waals surface area contributed by atoms with Crippen LogP contribution in [0.25, 0.3) is 0 Å². The second-order valence-corrected chi connectivity index (χ2v) is 5.48. The first kappa shape index (κ1) is 13.6. The van der Waals surface area contributed by atoms with Gasteiger partial charge in [-0.2, -0.15) is 5.10 Å². The van der Waals surface area contributed by atoms with E-state index in [1.807, 2.05) is 6.79 Å². The number of nitrogens with zero attached hydrogens (tertiary/aromatic N) is 1. The van der Waals surface area contributed by atoms with Crippen LogP contribution in [0.3, 0.4) is 0 Å². The van der Waals surface area contributed by atoms with Gasteiger partial charge < -0.3 is 4.79 Å². The SMILES string of the molecule is C=O.CC(C)(C)c1[nH]ncc1C(=O)CC1CC1. The van der Waals surface area contributed by atoms with Crippen LogP contribution in [0.4, 0.5) is 0 Å². The molecular weight excluding hydrogens is 216 g/mol. The van der Waals surface area contributed by atoms with Crippen LogP contribution < -0.4 is 0 Å². The summed E-state index contributed by atoms with van der Waals surface area (Å²) in [5, 5.41) is 6.94. The minimum absolute atomic E-state index is 0.0367. The zero-order chi connectivity index (χ0) is 13.1. The molecule has 17 heavy (non-hydrogen) atoms. The molecule has 0 aliphatic heterocycles. The molecule has 0 saturated heterocycles. The number of rotatable bonds is 3. The molecule has 94 valence electrons. The van der Waals surface area contributed by atoms with Crippen molar-refractivity contribution in [1.82, 2.24) is 10.2 Å². The van der Waals surface area contributed by atoms with Crippen LogP contribution in [0.5, 0.6) is 0 Å². The second-order valence-electron chi connectivity index (χ2n) is 5.48. The van der Waals surface area contributed by atoms with Crippen molar-refractivity contribution in [2.45, 2.75) is 45.4 Å². The van der Waals surface area contributed by atoms with Crippen molar-refractivity contribution in [1.29, 1.82) is 0 Å².